The second-order valence-corrected chi connectivity index (χ2v) is 6.13. The van der Waals surface area contributed by atoms with Gasteiger partial charge in [0.15, 0.2) is 23.6 Å². The third-order valence-corrected chi connectivity index (χ3v) is 4.16. The van der Waals surface area contributed by atoms with E-state index in [2.05, 4.69) is 10.3 Å². The van der Waals surface area contributed by atoms with Gasteiger partial charge < -0.3 is 14.2 Å². The van der Waals surface area contributed by atoms with Crippen molar-refractivity contribution in [2.75, 3.05) is 11.4 Å². The normalized spacial score (nSPS) is 22.2. The third-order valence-electron chi connectivity index (χ3n) is 3.58. The summed E-state index contributed by atoms with van der Waals surface area (Å²) in [6, 6.07) is 7.19. The molecule has 1 fully saturated rings. The van der Waals surface area contributed by atoms with Crippen LogP contribution >= 0.6 is 0 Å². The second kappa shape index (κ2) is 6.99. The van der Waals surface area contributed by atoms with Crippen molar-refractivity contribution in [2.24, 2.45) is 0 Å². The highest BCUT2D eigenvalue weighted by atomic mass is 32.2. The maximum absolute atomic E-state index is 11.3. The Morgan fingerprint density at radius 1 is 1.39 bits per heavy atom. The first-order valence-electron chi connectivity index (χ1n) is 7.03. The molecule has 1 N–H and O–H groups in total. The van der Waals surface area contributed by atoms with Crippen molar-refractivity contribution in [3.05, 3.63) is 42.2 Å². The van der Waals surface area contributed by atoms with E-state index in [1.54, 1.807) is 29.2 Å². The highest BCUT2D eigenvalue weighted by molar-refractivity contribution is 7.78. The van der Waals surface area contributed by atoms with Gasteiger partial charge in [-0.1, -0.05) is 17.3 Å². The minimum Gasteiger partial charge on any atom is -0.344 e. The molecule has 1 saturated heterocycles. The molecule has 1 aliphatic heterocycles. The lowest BCUT2D eigenvalue weighted by molar-refractivity contribution is -0.117. The number of carbonyl (C=O) groups is 1. The average molecular weight is 336 g/mol. The van der Waals surface area contributed by atoms with Crippen LogP contribution in [0.25, 0.3) is 0 Å². The Kier molecular flexibility index (Phi) is 4.79. The minimum absolute atomic E-state index is 0.0861. The lowest BCUT2D eigenvalue weighted by Gasteiger charge is -2.20. The lowest BCUT2D eigenvalue weighted by Crippen LogP contribution is -2.31. The maximum atomic E-state index is 11.3. The molecule has 2 aromatic rings. The number of ether oxygens (including phenoxy) is 1. The first-order chi connectivity index (χ1) is 11.2. The molecule has 8 nitrogen and oxygen atoms in total. The summed E-state index contributed by atoms with van der Waals surface area (Å²) in [4.78, 5) is 13.1. The average Bonchev–Trinajstić information content (AvgIpc) is 3.17. The second-order valence-electron chi connectivity index (χ2n) is 5.19. The first kappa shape index (κ1) is 15.8. The van der Waals surface area contributed by atoms with E-state index in [9.17, 15) is 9.00 Å². The van der Waals surface area contributed by atoms with Crippen LogP contribution in [-0.4, -0.2) is 48.9 Å². The fourth-order valence-electron chi connectivity index (χ4n) is 2.56. The van der Waals surface area contributed by atoms with Gasteiger partial charge in [-0.05, 0) is 17.7 Å². The highest BCUT2D eigenvalue weighted by Crippen LogP contribution is 2.25. The van der Waals surface area contributed by atoms with Crippen molar-refractivity contribution >= 4 is 23.1 Å². The van der Waals surface area contributed by atoms with Crippen LogP contribution in [-0.2, 0) is 32.9 Å². The summed E-state index contributed by atoms with van der Waals surface area (Å²) < 4.78 is 27.1. The SMILES string of the molecule is O=CC1O[C@@H](Cn2ccnn2)CN1c1ccc(CS(=O)O)cc1. The van der Waals surface area contributed by atoms with Crippen LogP contribution in [0.4, 0.5) is 5.69 Å². The Labute approximate surface area is 135 Å². The van der Waals surface area contributed by atoms with Crippen LogP contribution in [0.2, 0.25) is 0 Å². The highest BCUT2D eigenvalue weighted by Gasteiger charge is 2.33. The van der Waals surface area contributed by atoms with E-state index in [1.165, 1.54) is 0 Å². The van der Waals surface area contributed by atoms with Gasteiger partial charge >= 0.3 is 0 Å². The summed E-state index contributed by atoms with van der Waals surface area (Å²) in [5.41, 5.74) is 1.59. The Hall–Kier alpha value is -2.10. The Balaban J connectivity index is 1.70. The molecule has 2 heterocycles. The van der Waals surface area contributed by atoms with Gasteiger partial charge in [-0.2, -0.15) is 0 Å². The van der Waals surface area contributed by atoms with Crippen molar-refractivity contribution < 1.29 is 18.3 Å². The van der Waals surface area contributed by atoms with Crippen LogP contribution < -0.4 is 4.90 Å². The Morgan fingerprint density at radius 2 is 2.17 bits per heavy atom. The zero-order valence-electron chi connectivity index (χ0n) is 12.2. The number of nitrogens with zero attached hydrogens (tertiary/aromatic N) is 4. The Morgan fingerprint density at radius 3 is 2.78 bits per heavy atom. The number of benzene rings is 1. The molecule has 0 aliphatic carbocycles. The zero-order chi connectivity index (χ0) is 16.2. The fourth-order valence-corrected chi connectivity index (χ4v) is 3.04. The van der Waals surface area contributed by atoms with Crippen molar-refractivity contribution in [3.63, 3.8) is 0 Å². The van der Waals surface area contributed by atoms with E-state index in [0.29, 0.717) is 13.1 Å². The molecule has 1 aliphatic rings. The van der Waals surface area contributed by atoms with Crippen LogP contribution in [0, 0.1) is 0 Å². The predicted molar refractivity (Wildman–Crippen MR) is 83.0 cm³/mol. The van der Waals surface area contributed by atoms with Gasteiger partial charge in [0, 0.05) is 18.4 Å². The van der Waals surface area contributed by atoms with Crippen molar-refractivity contribution in [2.45, 2.75) is 24.6 Å². The number of aldehydes is 1. The molecule has 0 saturated carbocycles. The van der Waals surface area contributed by atoms with Crippen LogP contribution in [0.3, 0.4) is 0 Å². The largest absolute Gasteiger partial charge is 0.344 e. The van der Waals surface area contributed by atoms with Gasteiger partial charge in [-0.25, -0.2) is 8.89 Å². The fraction of sp³-hybridized carbons (Fsp3) is 0.357. The molecular weight excluding hydrogens is 320 g/mol. The van der Waals surface area contributed by atoms with Gasteiger partial charge in [-0.15, -0.1) is 5.10 Å². The Bertz CT molecular complexity index is 677. The van der Waals surface area contributed by atoms with Gasteiger partial charge in [0.05, 0.1) is 24.6 Å². The molecule has 122 valence electrons. The van der Waals surface area contributed by atoms with Gasteiger partial charge in [0.1, 0.15) is 0 Å². The number of aromatic nitrogens is 3. The molecule has 0 radical (unpaired) electrons. The summed E-state index contributed by atoms with van der Waals surface area (Å²) in [5, 5.41) is 7.64. The van der Waals surface area contributed by atoms with Crippen LogP contribution in [0.5, 0.6) is 0 Å². The molecule has 3 rings (SSSR count). The van der Waals surface area contributed by atoms with Crippen molar-refractivity contribution in [1.82, 2.24) is 15.0 Å². The number of carbonyl (C=O) groups excluding carboxylic acids is 1. The topological polar surface area (TPSA) is 97.6 Å². The lowest BCUT2D eigenvalue weighted by atomic mass is 10.2. The third kappa shape index (κ3) is 3.81. The standard InChI is InChI=1S/C14H16N4O4S/c19-9-14-18(8-13(22-14)7-17-6-5-15-16-17)12-3-1-11(2-4-12)10-23(20)21/h1-6,9,13-14H,7-8,10H2,(H,20,21)/t13-,14?/m0/s1. The zero-order valence-corrected chi connectivity index (χ0v) is 13.0. The quantitative estimate of drug-likeness (QED) is 0.603. The predicted octanol–water partition coefficient (Wildman–Crippen LogP) is 0.430. The summed E-state index contributed by atoms with van der Waals surface area (Å²) in [5.74, 6) is 0.0861. The van der Waals surface area contributed by atoms with Crippen molar-refractivity contribution in [3.8, 4) is 0 Å². The number of anilines is 1. The van der Waals surface area contributed by atoms with Gasteiger partial charge in [-0.3, -0.25) is 4.79 Å². The van der Waals surface area contributed by atoms with E-state index in [1.807, 2.05) is 17.0 Å². The summed E-state index contributed by atoms with van der Waals surface area (Å²) >= 11 is -1.87. The molecule has 9 heteroatoms. The molecule has 0 amide bonds. The van der Waals surface area contributed by atoms with Crippen molar-refractivity contribution in [1.29, 1.82) is 0 Å². The summed E-state index contributed by atoms with van der Waals surface area (Å²) in [6.45, 7) is 1.07. The molecule has 2 unspecified atom stereocenters. The van der Waals surface area contributed by atoms with Crippen LogP contribution in [0.15, 0.2) is 36.7 Å². The van der Waals surface area contributed by atoms with E-state index < -0.39 is 17.3 Å². The van der Waals surface area contributed by atoms with E-state index in [0.717, 1.165) is 17.5 Å². The molecule has 1 aromatic carbocycles. The molecule has 0 spiro atoms. The number of hydrogen-bond acceptors (Lipinski definition) is 6. The first-order valence-corrected chi connectivity index (χ1v) is 8.31. The van der Waals surface area contributed by atoms with E-state index >= 15 is 0 Å². The van der Waals surface area contributed by atoms with Crippen LogP contribution in [0.1, 0.15) is 5.56 Å². The molecule has 1 aromatic heterocycles. The minimum atomic E-state index is -1.87. The number of hydrogen-bond donors (Lipinski definition) is 1. The number of rotatable bonds is 6. The molecule has 23 heavy (non-hydrogen) atoms. The monoisotopic (exact) mass is 336 g/mol. The van der Waals surface area contributed by atoms with Gasteiger partial charge in [0.25, 0.3) is 0 Å². The van der Waals surface area contributed by atoms with E-state index in [4.69, 9.17) is 9.29 Å². The molecule has 0 bridgehead atoms. The van der Waals surface area contributed by atoms with E-state index in [-0.39, 0.29) is 11.9 Å². The smallest absolute Gasteiger partial charge is 0.187 e. The van der Waals surface area contributed by atoms with Gasteiger partial charge in [0.2, 0.25) is 0 Å². The summed E-state index contributed by atoms with van der Waals surface area (Å²) in [6.07, 6.45) is 3.27. The summed E-state index contributed by atoms with van der Waals surface area (Å²) in [7, 11) is 0. The molecular formula is C14H16N4O4S. The molecule has 3 atom stereocenters. The maximum Gasteiger partial charge on any atom is 0.187 e.